The number of aromatic nitrogens is 3. The summed E-state index contributed by atoms with van der Waals surface area (Å²) < 4.78 is 16.3. The van der Waals surface area contributed by atoms with Crippen molar-refractivity contribution in [3.05, 3.63) is 46.4 Å². The molecule has 1 aromatic heterocycles. The summed E-state index contributed by atoms with van der Waals surface area (Å²) in [6.07, 6.45) is 1.57. The van der Waals surface area contributed by atoms with E-state index in [0.29, 0.717) is 54.0 Å². The van der Waals surface area contributed by atoms with Gasteiger partial charge < -0.3 is 29.5 Å². The predicted octanol–water partition coefficient (Wildman–Crippen LogP) is 3.38. The number of rotatable bonds is 8. The molecular weight excluding hydrogens is 506 g/mol. The van der Waals surface area contributed by atoms with Crippen LogP contribution in [0.4, 0.5) is 23.5 Å². The summed E-state index contributed by atoms with van der Waals surface area (Å²) in [4.78, 5) is 15.6. The molecule has 0 unspecified atom stereocenters. The van der Waals surface area contributed by atoms with Gasteiger partial charge in [0.15, 0.2) is 11.5 Å². The van der Waals surface area contributed by atoms with E-state index in [1.807, 2.05) is 29.2 Å². The maximum Gasteiger partial charge on any atom is 0.250 e. The molecule has 3 N–H and O–H groups in total. The lowest BCUT2D eigenvalue weighted by Gasteiger charge is -2.27. The molecule has 0 bridgehead atoms. The molecular formula is C22H24BrN7O4. The minimum absolute atomic E-state index is 0.0227. The van der Waals surface area contributed by atoms with Crippen LogP contribution in [0.15, 0.2) is 46.0 Å². The second kappa shape index (κ2) is 11.0. The number of benzene rings is 2. The molecule has 34 heavy (non-hydrogen) atoms. The standard InChI is InChI=1S/C22H24BrN7O4/c1-32-16-5-3-15(4-6-16)25-20-26-21(28-22(27-20)30-7-9-34-10-8-30)29-24-13-14-11-17(23)19(31)18(12-14)33-2/h3-6,11-13,31H,7-10H2,1-2H3,(H2,25,26,27,28,29)/b24-13+. The first-order valence-electron chi connectivity index (χ1n) is 10.4. The van der Waals surface area contributed by atoms with Crippen LogP contribution in [0.5, 0.6) is 17.2 Å². The van der Waals surface area contributed by atoms with Crippen LogP contribution in [-0.4, -0.2) is 66.8 Å². The lowest BCUT2D eigenvalue weighted by molar-refractivity contribution is 0.122. The number of halogens is 1. The number of ether oxygens (including phenoxy) is 3. The minimum Gasteiger partial charge on any atom is -0.503 e. The molecule has 0 amide bonds. The molecule has 0 saturated carbocycles. The molecule has 4 rings (SSSR count). The average molecular weight is 530 g/mol. The van der Waals surface area contributed by atoms with E-state index >= 15 is 0 Å². The summed E-state index contributed by atoms with van der Waals surface area (Å²) in [5.74, 6) is 2.26. The van der Waals surface area contributed by atoms with Crippen molar-refractivity contribution < 1.29 is 19.3 Å². The zero-order valence-electron chi connectivity index (χ0n) is 18.7. The van der Waals surface area contributed by atoms with Gasteiger partial charge in [0.1, 0.15) is 5.75 Å². The quantitative estimate of drug-likeness (QED) is 0.295. The fourth-order valence-corrected chi connectivity index (χ4v) is 3.63. The molecule has 0 aliphatic carbocycles. The summed E-state index contributed by atoms with van der Waals surface area (Å²) in [5.41, 5.74) is 4.36. The molecule has 2 heterocycles. The fourth-order valence-electron chi connectivity index (χ4n) is 3.17. The Labute approximate surface area is 204 Å². The van der Waals surface area contributed by atoms with E-state index in [0.717, 1.165) is 11.4 Å². The summed E-state index contributed by atoms with van der Waals surface area (Å²) in [6.45, 7) is 2.56. The minimum atomic E-state index is 0.0227. The number of phenolic OH excluding ortho intramolecular Hbond substituents is 1. The van der Waals surface area contributed by atoms with Crippen LogP contribution in [0, 0.1) is 0 Å². The van der Waals surface area contributed by atoms with Crippen molar-refractivity contribution in [3.8, 4) is 17.2 Å². The molecule has 1 fully saturated rings. The highest BCUT2D eigenvalue weighted by atomic mass is 79.9. The Morgan fingerprint density at radius 3 is 2.50 bits per heavy atom. The number of morpholine rings is 1. The van der Waals surface area contributed by atoms with E-state index in [1.165, 1.54) is 7.11 Å². The SMILES string of the molecule is COc1ccc(Nc2nc(N/N=C/c3cc(Br)c(O)c(OC)c3)nc(N3CCOCC3)n2)cc1. The van der Waals surface area contributed by atoms with Crippen molar-refractivity contribution >= 4 is 45.7 Å². The number of hydrogen-bond acceptors (Lipinski definition) is 11. The van der Waals surface area contributed by atoms with Gasteiger partial charge in [-0.25, -0.2) is 5.43 Å². The number of hydrogen-bond donors (Lipinski definition) is 3. The van der Waals surface area contributed by atoms with E-state index < -0.39 is 0 Å². The van der Waals surface area contributed by atoms with E-state index in [-0.39, 0.29) is 11.7 Å². The first-order chi connectivity index (χ1) is 16.6. The summed E-state index contributed by atoms with van der Waals surface area (Å²) in [6, 6.07) is 10.8. The van der Waals surface area contributed by atoms with Crippen LogP contribution in [0.2, 0.25) is 0 Å². The Kier molecular flexibility index (Phi) is 7.60. The first kappa shape index (κ1) is 23.5. The molecule has 12 heteroatoms. The van der Waals surface area contributed by atoms with Crippen LogP contribution in [0.1, 0.15) is 5.56 Å². The van der Waals surface area contributed by atoms with Crippen LogP contribution < -0.4 is 25.1 Å². The Bertz CT molecular complexity index is 1150. The third-order valence-electron chi connectivity index (χ3n) is 4.91. The highest BCUT2D eigenvalue weighted by Gasteiger charge is 2.17. The van der Waals surface area contributed by atoms with Crippen LogP contribution in [-0.2, 0) is 4.74 Å². The van der Waals surface area contributed by atoms with Crippen molar-refractivity contribution in [3.63, 3.8) is 0 Å². The summed E-state index contributed by atoms with van der Waals surface area (Å²) >= 11 is 3.30. The topological polar surface area (TPSA) is 126 Å². The van der Waals surface area contributed by atoms with Gasteiger partial charge in [0, 0.05) is 18.8 Å². The van der Waals surface area contributed by atoms with Crippen molar-refractivity contribution in [2.45, 2.75) is 0 Å². The van der Waals surface area contributed by atoms with E-state index in [9.17, 15) is 5.11 Å². The number of nitrogens with zero attached hydrogens (tertiary/aromatic N) is 5. The van der Waals surface area contributed by atoms with Crippen LogP contribution in [0.25, 0.3) is 0 Å². The molecule has 11 nitrogen and oxygen atoms in total. The second-order valence-electron chi connectivity index (χ2n) is 7.16. The smallest absolute Gasteiger partial charge is 0.250 e. The number of aromatic hydroxyl groups is 1. The molecule has 1 aliphatic rings. The zero-order valence-corrected chi connectivity index (χ0v) is 20.2. The van der Waals surface area contributed by atoms with Crippen molar-refractivity contribution in [1.29, 1.82) is 0 Å². The number of anilines is 4. The maximum atomic E-state index is 9.97. The van der Waals surface area contributed by atoms with Crippen molar-refractivity contribution in [1.82, 2.24) is 15.0 Å². The van der Waals surface area contributed by atoms with Crippen molar-refractivity contribution in [2.75, 3.05) is 56.2 Å². The zero-order chi connectivity index (χ0) is 23.9. The van der Waals surface area contributed by atoms with Gasteiger partial charge in [0.25, 0.3) is 0 Å². The highest BCUT2D eigenvalue weighted by molar-refractivity contribution is 9.10. The maximum absolute atomic E-state index is 9.97. The monoisotopic (exact) mass is 529 g/mol. The normalized spacial score (nSPS) is 13.7. The van der Waals surface area contributed by atoms with Gasteiger partial charge in [0.05, 0.1) is 38.1 Å². The van der Waals surface area contributed by atoms with Crippen LogP contribution >= 0.6 is 15.9 Å². The Morgan fingerprint density at radius 1 is 1.06 bits per heavy atom. The lowest BCUT2D eigenvalue weighted by atomic mass is 10.2. The number of hydrazone groups is 1. The van der Waals surface area contributed by atoms with Gasteiger partial charge in [-0.05, 0) is 57.9 Å². The third kappa shape index (κ3) is 5.83. The lowest BCUT2D eigenvalue weighted by Crippen LogP contribution is -2.37. The van der Waals surface area contributed by atoms with Crippen molar-refractivity contribution in [2.24, 2.45) is 5.10 Å². The summed E-state index contributed by atoms with van der Waals surface area (Å²) in [7, 11) is 3.10. The molecule has 0 atom stereocenters. The fraction of sp³-hybridized carbons (Fsp3) is 0.273. The number of methoxy groups -OCH3 is 2. The Hall–Kier alpha value is -3.64. The number of nitrogens with one attached hydrogen (secondary N) is 2. The van der Waals surface area contributed by atoms with Gasteiger partial charge in [0.2, 0.25) is 17.8 Å². The van der Waals surface area contributed by atoms with Crippen LogP contribution in [0.3, 0.4) is 0 Å². The first-order valence-corrected chi connectivity index (χ1v) is 11.2. The van der Waals surface area contributed by atoms with E-state index in [1.54, 1.807) is 25.5 Å². The van der Waals surface area contributed by atoms with Gasteiger partial charge in [-0.3, -0.25) is 0 Å². The van der Waals surface area contributed by atoms with Gasteiger partial charge in [-0.15, -0.1) is 0 Å². The second-order valence-corrected chi connectivity index (χ2v) is 8.01. The molecule has 0 spiro atoms. The summed E-state index contributed by atoms with van der Waals surface area (Å²) in [5, 5.41) is 17.4. The molecule has 1 aliphatic heterocycles. The molecule has 0 radical (unpaired) electrons. The molecule has 178 valence electrons. The largest absolute Gasteiger partial charge is 0.503 e. The number of phenols is 1. The molecule has 2 aromatic carbocycles. The van der Waals surface area contributed by atoms with Gasteiger partial charge in [-0.1, -0.05) is 0 Å². The molecule has 3 aromatic rings. The highest BCUT2D eigenvalue weighted by Crippen LogP contribution is 2.34. The van der Waals surface area contributed by atoms with Gasteiger partial charge >= 0.3 is 0 Å². The van der Waals surface area contributed by atoms with Gasteiger partial charge in [-0.2, -0.15) is 20.1 Å². The Balaban J connectivity index is 1.57. The third-order valence-corrected chi connectivity index (χ3v) is 5.52. The molecule has 1 saturated heterocycles. The predicted molar refractivity (Wildman–Crippen MR) is 133 cm³/mol. The Morgan fingerprint density at radius 2 is 1.79 bits per heavy atom. The van der Waals surface area contributed by atoms with E-state index in [4.69, 9.17) is 14.2 Å². The average Bonchev–Trinajstić information content (AvgIpc) is 2.87. The van der Waals surface area contributed by atoms with E-state index in [2.05, 4.69) is 46.7 Å².